The van der Waals surface area contributed by atoms with Gasteiger partial charge in [0.1, 0.15) is 0 Å². The SMILES string of the molecule is Cc1cc(Br)ccc1C(N)Cc1c(Cl)c(C)nn1C. The molecule has 0 aliphatic carbocycles. The van der Waals surface area contributed by atoms with Crippen LogP contribution in [0.4, 0.5) is 0 Å². The predicted molar refractivity (Wildman–Crippen MR) is 82.5 cm³/mol. The highest BCUT2D eigenvalue weighted by atomic mass is 79.9. The molecule has 0 bridgehead atoms. The van der Waals surface area contributed by atoms with Crippen molar-refractivity contribution in [3.8, 4) is 0 Å². The molecule has 2 rings (SSSR count). The summed E-state index contributed by atoms with van der Waals surface area (Å²) < 4.78 is 2.88. The lowest BCUT2D eigenvalue weighted by Crippen LogP contribution is -2.16. The molecular weight excluding hydrogens is 326 g/mol. The maximum absolute atomic E-state index is 6.31. The van der Waals surface area contributed by atoms with E-state index in [4.69, 9.17) is 17.3 Å². The predicted octanol–water partition coefficient (Wildman–Crippen LogP) is 3.70. The van der Waals surface area contributed by atoms with Crippen molar-refractivity contribution in [2.24, 2.45) is 12.8 Å². The van der Waals surface area contributed by atoms with Gasteiger partial charge in [0.15, 0.2) is 0 Å². The zero-order valence-electron chi connectivity index (χ0n) is 11.2. The highest BCUT2D eigenvalue weighted by Crippen LogP contribution is 2.27. The third-order valence-electron chi connectivity index (χ3n) is 3.31. The molecule has 1 aromatic carbocycles. The van der Waals surface area contributed by atoms with Crippen LogP contribution in [-0.2, 0) is 13.5 Å². The lowest BCUT2D eigenvalue weighted by molar-refractivity contribution is 0.637. The van der Waals surface area contributed by atoms with E-state index in [-0.39, 0.29) is 6.04 Å². The monoisotopic (exact) mass is 341 g/mol. The van der Waals surface area contributed by atoms with Gasteiger partial charge in [0.25, 0.3) is 0 Å². The van der Waals surface area contributed by atoms with Crippen LogP contribution in [0.2, 0.25) is 5.02 Å². The molecule has 0 aliphatic heterocycles. The molecule has 0 radical (unpaired) electrons. The van der Waals surface area contributed by atoms with Gasteiger partial charge in [-0.25, -0.2) is 0 Å². The minimum absolute atomic E-state index is 0.0830. The standard InChI is InChI=1S/C14H17BrClN3/c1-8-6-10(15)4-5-11(8)12(17)7-13-14(16)9(2)18-19(13)3/h4-6,12H,7,17H2,1-3H3. The average molecular weight is 343 g/mol. The lowest BCUT2D eigenvalue weighted by Gasteiger charge is -2.15. The molecule has 1 heterocycles. The second kappa shape index (κ2) is 5.65. The Morgan fingerprint density at radius 2 is 2.11 bits per heavy atom. The molecule has 0 fully saturated rings. The van der Waals surface area contributed by atoms with E-state index in [2.05, 4.69) is 40.1 Å². The van der Waals surface area contributed by atoms with Crippen molar-refractivity contribution in [3.05, 3.63) is 50.2 Å². The summed E-state index contributed by atoms with van der Waals surface area (Å²) in [5, 5.41) is 5.03. The normalized spacial score (nSPS) is 12.7. The van der Waals surface area contributed by atoms with Gasteiger partial charge in [-0.2, -0.15) is 5.10 Å². The topological polar surface area (TPSA) is 43.8 Å². The average Bonchev–Trinajstić information content (AvgIpc) is 2.56. The fraction of sp³-hybridized carbons (Fsp3) is 0.357. The van der Waals surface area contributed by atoms with Crippen molar-refractivity contribution >= 4 is 27.5 Å². The second-order valence-corrected chi connectivity index (χ2v) is 6.07. The van der Waals surface area contributed by atoms with Crippen molar-refractivity contribution in [1.82, 2.24) is 9.78 Å². The van der Waals surface area contributed by atoms with Gasteiger partial charge in [-0.1, -0.05) is 33.6 Å². The number of hydrogen-bond acceptors (Lipinski definition) is 2. The summed E-state index contributed by atoms with van der Waals surface area (Å²) in [7, 11) is 1.90. The van der Waals surface area contributed by atoms with E-state index in [1.807, 2.05) is 24.7 Å². The van der Waals surface area contributed by atoms with E-state index in [9.17, 15) is 0 Å². The van der Waals surface area contributed by atoms with Gasteiger partial charge in [0, 0.05) is 24.0 Å². The molecule has 2 N–H and O–H groups in total. The Bertz CT molecular complexity index is 607. The molecule has 0 saturated carbocycles. The zero-order chi connectivity index (χ0) is 14.2. The van der Waals surface area contributed by atoms with Gasteiger partial charge in [-0.15, -0.1) is 0 Å². The molecule has 0 aliphatic rings. The molecule has 0 amide bonds. The van der Waals surface area contributed by atoms with Gasteiger partial charge < -0.3 is 5.73 Å². The molecule has 0 saturated heterocycles. The fourth-order valence-electron chi connectivity index (χ4n) is 2.28. The highest BCUT2D eigenvalue weighted by molar-refractivity contribution is 9.10. The van der Waals surface area contributed by atoms with Crippen molar-refractivity contribution < 1.29 is 0 Å². The maximum atomic E-state index is 6.31. The second-order valence-electron chi connectivity index (χ2n) is 4.78. The number of hydrogen-bond donors (Lipinski definition) is 1. The Morgan fingerprint density at radius 1 is 1.42 bits per heavy atom. The van der Waals surface area contributed by atoms with Gasteiger partial charge >= 0.3 is 0 Å². The molecule has 3 nitrogen and oxygen atoms in total. The van der Waals surface area contributed by atoms with E-state index in [1.165, 1.54) is 5.56 Å². The van der Waals surface area contributed by atoms with Crippen LogP contribution in [0, 0.1) is 13.8 Å². The van der Waals surface area contributed by atoms with Crippen LogP contribution in [0.25, 0.3) is 0 Å². The third kappa shape index (κ3) is 3.02. The summed E-state index contributed by atoms with van der Waals surface area (Å²) in [5.74, 6) is 0. The number of nitrogens with two attached hydrogens (primary N) is 1. The number of aryl methyl sites for hydroxylation is 3. The van der Waals surface area contributed by atoms with Crippen molar-refractivity contribution in [1.29, 1.82) is 0 Å². The summed E-state index contributed by atoms with van der Waals surface area (Å²) in [6.07, 6.45) is 0.679. The molecule has 1 aromatic heterocycles. The number of benzene rings is 1. The Labute approximate surface area is 126 Å². The minimum Gasteiger partial charge on any atom is -0.324 e. The van der Waals surface area contributed by atoms with Gasteiger partial charge in [-0.05, 0) is 37.1 Å². The van der Waals surface area contributed by atoms with E-state index >= 15 is 0 Å². The van der Waals surface area contributed by atoms with E-state index in [1.54, 1.807) is 0 Å². The van der Waals surface area contributed by atoms with E-state index in [0.29, 0.717) is 11.4 Å². The Balaban J connectivity index is 2.28. The third-order valence-corrected chi connectivity index (χ3v) is 4.29. The first-order valence-corrected chi connectivity index (χ1v) is 7.27. The van der Waals surface area contributed by atoms with Crippen LogP contribution in [-0.4, -0.2) is 9.78 Å². The zero-order valence-corrected chi connectivity index (χ0v) is 13.6. The largest absolute Gasteiger partial charge is 0.324 e. The minimum atomic E-state index is -0.0830. The summed E-state index contributed by atoms with van der Waals surface area (Å²) >= 11 is 9.73. The molecule has 19 heavy (non-hydrogen) atoms. The van der Waals surface area contributed by atoms with Gasteiger partial charge in [0.05, 0.1) is 16.4 Å². The van der Waals surface area contributed by atoms with Crippen molar-refractivity contribution in [2.75, 3.05) is 0 Å². The van der Waals surface area contributed by atoms with Crippen LogP contribution in [0.5, 0.6) is 0 Å². The first kappa shape index (κ1) is 14.6. The molecule has 2 aromatic rings. The molecule has 1 unspecified atom stereocenters. The van der Waals surface area contributed by atoms with Gasteiger partial charge in [0.2, 0.25) is 0 Å². The smallest absolute Gasteiger partial charge is 0.0847 e. The first-order chi connectivity index (χ1) is 8.90. The summed E-state index contributed by atoms with van der Waals surface area (Å²) in [6.45, 7) is 3.97. The van der Waals surface area contributed by atoms with Crippen LogP contribution in [0.1, 0.15) is 28.6 Å². The van der Waals surface area contributed by atoms with E-state index < -0.39 is 0 Å². The number of aromatic nitrogens is 2. The number of rotatable bonds is 3. The molecule has 1 atom stereocenters. The molecule has 102 valence electrons. The first-order valence-electron chi connectivity index (χ1n) is 6.09. The maximum Gasteiger partial charge on any atom is 0.0847 e. The molecule has 0 spiro atoms. The van der Waals surface area contributed by atoms with Crippen LogP contribution >= 0.6 is 27.5 Å². The van der Waals surface area contributed by atoms with E-state index in [0.717, 1.165) is 21.4 Å². The molecular formula is C14H17BrClN3. The Morgan fingerprint density at radius 3 is 2.63 bits per heavy atom. The highest BCUT2D eigenvalue weighted by Gasteiger charge is 2.17. The number of nitrogens with zero attached hydrogens (tertiary/aromatic N) is 2. The Kier molecular flexibility index (Phi) is 4.33. The quantitative estimate of drug-likeness (QED) is 0.924. The number of halogens is 2. The summed E-state index contributed by atoms with van der Waals surface area (Å²) in [4.78, 5) is 0. The fourth-order valence-corrected chi connectivity index (χ4v) is 2.99. The summed E-state index contributed by atoms with van der Waals surface area (Å²) in [6, 6.07) is 6.06. The summed E-state index contributed by atoms with van der Waals surface area (Å²) in [5.41, 5.74) is 10.5. The Hall–Kier alpha value is -0.840. The molecule has 5 heteroatoms. The van der Waals surface area contributed by atoms with Crippen molar-refractivity contribution in [2.45, 2.75) is 26.3 Å². The van der Waals surface area contributed by atoms with Crippen LogP contribution in [0.15, 0.2) is 22.7 Å². The van der Waals surface area contributed by atoms with Crippen molar-refractivity contribution in [3.63, 3.8) is 0 Å². The van der Waals surface area contributed by atoms with Gasteiger partial charge in [-0.3, -0.25) is 4.68 Å². The van der Waals surface area contributed by atoms with Crippen LogP contribution < -0.4 is 5.73 Å². The van der Waals surface area contributed by atoms with Crippen LogP contribution in [0.3, 0.4) is 0 Å². The lowest BCUT2D eigenvalue weighted by atomic mass is 9.98.